The van der Waals surface area contributed by atoms with Crippen molar-refractivity contribution in [2.45, 2.75) is 13.8 Å². The van der Waals surface area contributed by atoms with Crippen LogP contribution in [0.5, 0.6) is 0 Å². The number of hydrogen-bond acceptors (Lipinski definition) is 5. The van der Waals surface area contributed by atoms with E-state index in [9.17, 15) is 9.59 Å². The molecule has 0 aliphatic rings. The lowest BCUT2D eigenvalue weighted by atomic mass is 10.2. The lowest BCUT2D eigenvalue weighted by molar-refractivity contribution is -0.143. The van der Waals surface area contributed by atoms with Crippen LogP contribution in [0.4, 0.5) is 0 Å². The summed E-state index contributed by atoms with van der Waals surface area (Å²) in [6.07, 6.45) is 0. The van der Waals surface area contributed by atoms with Crippen LogP contribution >= 0.6 is 0 Å². The summed E-state index contributed by atoms with van der Waals surface area (Å²) < 4.78 is 9.70. The Bertz CT molecular complexity index is 218. The van der Waals surface area contributed by atoms with E-state index >= 15 is 0 Å². The van der Waals surface area contributed by atoms with E-state index in [0.717, 1.165) is 6.92 Å². The highest BCUT2D eigenvalue weighted by atomic mass is 16.5. The number of nitroso groups, excluding NO2 is 1. The third-order valence-electron chi connectivity index (χ3n) is 1.35. The Hall–Kier alpha value is -1.34. The van der Waals surface area contributed by atoms with Crippen LogP contribution in [0.1, 0.15) is 13.8 Å². The normalized spacial score (nSPS) is 10.9. The van der Waals surface area contributed by atoms with Crippen LogP contribution in [0, 0.1) is 10.8 Å². The average Bonchev–Trinajstić information content (AvgIpc) is 2.24. The number of carboxylic acids is 1. The molecule has 0 aromatic carbocycles. The number of rotatable bonds is 6. The largest absolute Gasteiger partial charge is 0.481 e. The lowest BCUT2D eigenvalue weighted by Crippen LogP contribution is -2.17. The molecular formula is C9H17NO6. The molecule has 0 saturated heterocycles. The van der Waals surface area contributed by atoms with Crippen LogP contribution in [0.25, 0.3) is 0 Å². The highest BCUT2D eigenvalue weighted by molar-refractivity contribution is 5.73. The minimum atomic E-state index is -0.831. The molecule has 0 aromatic heterocycles. The number of carbonyl (C=O) groups excluding carboxylic acids is 1. The maximum absolute atomic E-state index is 10.3. The summed E-state index contributed by atoms with van der Waals surface area (Å²) in [4.78, 5) is 28.5. The van der Waals surface area contributed by atoms with E-state index in [4.69, 9.17) is 19.5 Å². The molecule has 0 aromatic rings. The van der Waals surface area contributed by atoms with E-state index < -0.39 is 17.8 Å². The number of aliphatic carboxylic acids is 1. The van der Waals surface area contributed by atoms with Crippen molar-refractivity contribution in [3.63, 3.8) is 0 Å². The van der Waals surface area contributed by atoms with Crippen molar-refractivity contribution >= 4 is 11.9 Å². The van der Waals surface area contributed by atoms with Gasteiger partial charge in [0, 0.05) is 19.2 Å². The predicted molar refractivity (Wildman–Crippen MR) is 56.0 cm³/mol. The van der Waals surface area contributed by atoms with E-state index in [1.165, 1.54) is 0 Å². The highest BCUT2D eigenvalue weighted by Crippen LogP contribution is 1.94. The Kier molecular flexibility index (Phi) is 12.5. The minimum absolute atomic E-state index is 0.249. The maximum Gasteiger partial charge on any atom is 0.308 e. The van der Waals surface area contributed by atoms with Gasteiger partial charge in [-0.15, -0.1) is 4.91 Å². The second kappa shape index (κ2) is 11.7. The molecule has 0 rings (SSSR count). The van der Waals surface area contributed by atoms with Crippen LogP contribution in [-0.4, -0.2) is 43.9 Å². The van der Waals surface area contributed by atoms with Crippen molar-refractivity contribution in [1.82, 2.24) is 0 Å². The van der Waals surface area contributed by atoms with Crippen LogP contribution in [-0.2, 0) is 19.1 Å². The number of carboxylic acid groups (broad SMARTS) is 1. The zero-order valence-corrected chi connectivity index (χ0v) is 9.63. The van der Waals surface area contributed by atoms with Crippen LogP contribution < -0.4 is 0 Å². The van der Waals surface area contributed by atoms with E-state index in [1.807, 2.05) is 5.18 Å². The third-order valence-corrected chi connectivity index (χ3v) is 1.35. The summed E-state index contributed by atoms with van der Waals surface area (Å²) in [5, 5.41) is 10.4. The molecule has 1 atom stereocenters. The number of ether oxygens (including phenoxy) is 2. The fraction of sp³-hybridized carbons (Fsp3) is 0.778. The van der Waals surface area contributed by atoms with Crippen LogP contribution in [0.15, 0.2) is 5.18 Å². The van der Waals surface area contributed by atoms with Crippen LogP contribution in [0.3, 0.4) is 0 Å². The third kappa shape index (κ3) is 15.1. The van der Waals surface area contributed by atoms with Gasteiger partial charge in [0.25, 0.3) is 5.91 Å². The molecule has 0 heterocycles. The van der Waals surface area contributed by atoms with Crippen molar-refractivity contribution in [1.29, 1.82) is 0 Å². The number of hydrogen-bond donors (Lipinski definition) is 1. The van der Waals surface area contributed by atoms with Gasteiger partial charge in [-0.05, 0) is 6.92 Å². The van der Waals surface area contributed by atoms with Gasteiger partial charge < -0.3 is 14.6 Å². The molecule has 7 nitrogen and oxygen atoms in total. The van der Waals surface area contributed by atoms with Crippen molar-refractivity contribution in [3.05, 3.63) is 4.91 Å². The smallest absolute Gasteiger partial charge is 0.308 e. The van der Waals surface area contributed by atoms with Gasteiger partial charge in [-0.3, -0.25) is 9.59 Å². The Morgan fingerprint density at radius 3 is 2.19 bits per heavy atom. The molecule has 94 valence electrons. The summed E-state index contributed by atoms with van der Waals surface area (Å²) in [5.74, 6) is -1.95. The average molecular weight is 235 g/mol. The zero-order valence-electron chi connectivity index (χ0n) is 9.63. The Labute approximate surface area is 93.7 Å². The topological polar surface area (TPSA) is 102 Å². The number of carbonyl (C=O) groups is 2. The second-order valence-corrected chi connectivity index (χ2v) is 2.92. The van der Waals surface area contributed by atoms with E-state index in [1.54, 1.807) is 14.0 Å². The number of amides is 1. The first-order valence-electron chi connectivity index (χ1n) is 4.59. The highest BCUT2D eigenvalue weighted by Gasteiger charge is 2.09. The van der Waals surface area contributed by atoms with Crippen LogP contribution in [0.2, 0.25) is 0 Å². The minimum Gasteiger partial charge on any atom is -0.481 e. The first kappa shape index (κ1) is 17.1. The first-order chi connectivity index (χ1) is 7.45. The summed E-state index contributed by atoms with van der Waals surface area (Å²) >= 11 is 0. The van der Waals surface area contributed by atoms with Gasteiger partial charge in [-0.25, -0.2) is 0 Å². The molecular weight excluding hydrogens is 218 g/mol. The standard InChI is InChI=1S/C7H14O4.C2H3NO2/c1-6(7(8)9)5-11-4-3-10-2;1-2(4)3-5/h6H,3-5H2,1-2H3,(H,8,9);1H3/t6-;/m0./s1. The van der Waals surface area contributed by atoms with Gasteiger partial charge in [0.15, 0.2) is 0 Å². The number of nitrogens with zero attached hydrogens (tertiary/aromatic N) is 1. The monoisotopic (exact) mass is 235 g/mol. The summed E-state index contributed by atoms with van der Waals surface area (Å²) in [6.45, 7) is 3.92. The van der Waals surface area contributed by atoms with Gasteiger partial charge in [-0.1, -0.05) is 0 Å². The van der Waals surface area contributed by atoms with Gasteiger partial charge >= 0.3 is 5.97 Å². The molecule has 1 amide bonds. The van der Waals surface area contributed by atoms with E-state index in [2.05, 4.69) is 0 Å². The fourth-order valence-electron chi connectivity index (χ4n) is 0.474. The lowest BCUT2D eigenvalue weighted by Gasteiger charge is -2.06. The van der Waals surface area contributed by atoms with E-state index in [-0.39, 0.29) is 6.61 Å². The fourth-order valence-corrected chi connectivity index (χ4v) is 0.474. The summed E-state index contributed by atoms with van der Waals surface area (Å²) in [7, 11) is 1.57. The van der Waals surface area contributed by atoms with E-state index in [0.29, 0.717) is 13.2 Å². The molecule has 16 heavy (non-hydrogen) atoms. The summed E-state index contributed by atoms with van der Waals surface area (Å²) in [6, 6.07) is 0. The summed E-state index contributed by atoms with van der Waals surface area (Å²) in [5.41, 5.74) is 0. The van der Waals surface area contributed by atoms with Gasteiger partial charge in [-0.2, -0.15) is 0 Å². The Morgan fingerprint density at radius 1 is 1.38 bits per heavy atom. The van der Waals surface area contributed by atoms with Crippen molar-refractivity contribution in [2.24, 2.45) is 11.1 Å². The van der Waals surface area contributed by atoms with Gasteiger partial charge in [0.1, 0.15) is 0 Å². The Balaban J connectivity index is 0. The molecule has 0 aliphatic carbocycles. The molecule has 0 unspecified atom stereocenters. The quantitative estimate of drug-likeness (QED) is 0.536. The molecule has 0 fully saturated rings. The van der Waals surface area contributed by atoms with Gasteiger partial charge in [0.2, 0.25) is 0 Å². The van der Waals surface area contributed by atoms with Crippen molar-refractivity contribution in [2.75, 3.05) is 26.9 Å². The Morgan fingerprint density at radius 2 is 1.88 bits per heavy atom. The first-order valence-corrected chi connectivity index (χ1v) is 4.59. The van der Waals surface area contributed by atoms with Crippen molar-refractivity contribution in [3.8, 4) is 0 Å². The number of methoxy groups -OCH3 is 1. The molecule has 0 bridgehead atoms. The molecule has 0 spiro atoms. The molecule has 0 aliphatic heterocycles. The molecule has 1 N–H and O–H groups in total. The zero-order chi connectivity index (χ0) is 13.0. The molecule has 7 heteroatoms. The molecule has 0 radical (unpaired) electrons. The maximum atomic E-state index is 10.3. The van der Waals surface area contributed by atoms with Gasteiger partial charge in [0.05, 0.1) is 25.7 Å². The SMILES string of the molecule is CC(=O)N=O.COCCOC[C@H](C)C(=O)O. The second-order valence-electron chi connectivity index (χ2n) is 2.92. The molecule has 0 saturated carbocycles. The predicted octanol–water partition coefficient (Wildman–Crippen LogP) is 0.669. The van der Waals surface area contributed by atoms with Crippen molar-refractivity contribution < 1.29 is 24.2 Å².